The molecule has 3 aromatic rings. The van der Waals surface area contributed by atoms with Crippen LogP contribution in [0, 0.1) is 6.92 Å². The number of carbonyl (C=O) groups is 1. The lowest BCUT2D eigenvalue weighted by molar-refractivity contribution is 0.0869. The number of pyridine rings is 1. The van der Waals surface area contributed by atoms with E-state index in [1.165, 1.54) is 11.8 Å². The monoisotopic (exact) mass is 356 g/mol. The number of nitrogens with zero attached hydrogens (tertiary/aromatic N) is 1. The van der Waals surface area contributed by atoms with Crippen molar-refractivity contribution in [1.82, 2.24) is 10.3 Å². The van der Waals surface area contributed by atoms with Gasteiger partial charge in [-0.1, -0.05) is 17.8 Å². The lowest BCUT2D eigenvalue weighted by Crippen LogP contribution is -2.46. The second-order valence-corrected chi connectivity index (χ2v) is 7.55. The predicted molar refractivity (Wildman–Crippen MR) is 97.9 cm³/mol. The molecule has 2 heterocycles. The second kappa shape index (κ2) is 6.90. The number of hydrogen-bond donors (Lipinski definition) is 2. The number of aliphatic hydroxyl groups is 1. The van der Waals surface area contributed by atoms with E-state index in [4.69, 9.17) is 4.42 Å². The number of aryl methyl sites for hydroxylation is 1. The fraction of sp³-hybridized carbons (Fsp3) is 0.263. The van der Waals surface area contributed by atoms with Crippen LogP contribution in [0.15, 0.2) is 56.9 Å². The molecule has 6 heteroatoms. The first kappa shape index (κ1) is 17.5. The summed E-state index contributed by atoms with van der Waals surface area (Å²) in [7, 11) is 0. The van der Waals surface area contributed by atoms with Crippen LogP contribution in [0.5, 0.6) is 0 Å². The van der Waals surface area contributed by atoms with E-state index in [1.54, 1.807) is 27.0 Å². The highest BCUT2D eigenvalue weighted by molar-refractivity contribution is 7.99. The highest BCUT2D eigenvalue weighted by atomic mass is 32.2. The Morgan fingerprint density at radius 3 is 2.80 bits per heavy atom. The van der Waals surface area contributed by atoms with Gasteiger partial charge in [0.25, 0.3) is 5.91 Å². The molecule has 0 bridgehead atoms. The van der Waals surface area contributed by atoms with Gasteiger partial charge in [0.15, 0.2) is 0 Å². The van der Waals surface area contributed by atoms with Crippen molar-refractivity contribution in [3.8, 4) is 0 Å². The zero-order valence-electron chi connectivity index (χ0n) is 14.4. The SMILES string of the molecule is Cc1oc2ccc(Sc3ccccn3)cc2c1C(=O)NC(C)(C)CO. The minimum Gasteiger partial charge on any atom is -0.461 e. The van der Waals surface area contributed by atoms with E-state index >= 15 is 0 Å². The quantitative estimate of drug-likeness (QED) is 0.727. The predicted octanol–water partition coefficient (Wildman–Crippen LogP) is 3.79. The number of aliphatic hydroxyl groups excluding tert-OH is 1. The fourth-order valence-corrected chi connectivity index (χ4v) is 3.30. The maximum Gasteiger partial charge on any atom is 0.255 e. The van der Waals surface area contributed by atoms with Gasteiger partial charge in [-0.05, 0) is 51.1 Å². The lowest BCUT2D eigenvalue weighted by Gasteiger charge is -2.23. The van der Waals surface area contributed by atoms with Crippen molar-refractivity contribution < 1.29 is 14.3 Å². The van der Waals surface area contributed by atoms with Crippen molar-refractivity contribution in [3.63, 3.8) is 0 Å². The van der Waals surface area contributed by atoms with Crippen LogP contribution < -0.4 is 5.32 Å². The third kappa shape index (κ3) is 3.86. The summed E-state index contributed by atoms with van der Waals surface area (Å²) in [5.74, 6) is 0.302. The van der Waals surface area contributed by atoms with Gasteiger partial charge in [0, 0.05) is 16.5 Å². The van der Waals surface area contributed by atoms with Crippen molar-refractivity contribution in [2.75, 3.05) is 6.61 Å². The Labute approximate surface area is 150 Å². The molecule has 0 aliphatic heterocycles. The van der Waals surface area contributed by atoms with Gasteiger partial charge in [0.2, 0.25) is 0 Å². The third-order valence-corrected chi connectivity index (χ3v) is 4.71. The number of hydrogen-bond acceptors (Lipinski definition) is 5. The van der Waals surface area contributed by atoms with Crippen LogP contribution in [0.4, 0.5) is 0 Å². The molecule has 5 nitrogen and oxygen atoms in total. The lowest BCUT2D eigenvalue weighted by atomic mass is 10.0. The number of benzene rings is 1. The van der Waals surface area contributed by atoms with Crippen molar-refractivity contribution in [2.24, 2.45) is 0 Å². The molecule has 0 unspecified atom stereocenters. The van der Waals surface area contributed by atoms with Crippen LogP contribution in [0.2, 0.25) is 0 Å². The molecule has 0 spiro atoms. The Kier molecular flexibility index (Phi) is 4.83. The van der Waals surface area contributed by atoms with Gasteiger partial charge in [-0.2, -0.15) is 0 Å². The van der Waals surface area contributed by atoms with E-state index in [9.17, 15) is 9.90 Å². The highest BCUT2D eigenvalue weighted by Gasteiger charge is 2.24. The molecule has 0 saturated carbocycles. The van der Waals surface area contributed by atoms with Gasteiger partial charge in [0.05, 0.1) is 17.7 Å². The van der Waals surface area contributed by atoms with Crippen molar-refractivity contribution in [3.05, 3.63) is 53.9 Å². The third-order valence-electron chi connectivity index (χ3n) is 3.77. The largest absolute Gasteiger partial charge is 0.461 e. The minimum atomic E-state index is -0.701. The van der Waals surface area contributed by atoms with Crippen molar-refractivity contribution >= 4 is 28.6 Å². The fourth-order valence-electron chi connectivity index (χ4n) is 2.48. The summed E-state index contributed by atoms with van der Waals surface area (Å²) in [6.45, 7) is 5.16. The Balaban J connectivity index is 1.97. The van der Waals surface area contributed by atoms with E-state index in [-0.39, 0.29) is 12.5 Å². The van der Waals surface area contributed by atoms with Crippen molar-refractivity contribution in [2.45, 2.75) is 36.2 Å². The van der Waals surface area contributed by atoms with Crippen LogP contribution in [-0.4, -0.2) is 28.1 Å². The molecule has 2 aromatic heterocycles. The minimum absolute atomic E-state index is 0.144. The molecule has 1 aromatic carbocycles. The van der Waals surface area contributed by atoms with E-state index in [2.05, 4.69) is 10.3 Å². The normalized spacial score (nSPS) is 11.7. The summed E-state index contributed by atoms with van der Waals surface area (Å²) in [5.41, 5.74) is 0.461. The number of furan rings is 1. The summed E-state index contributed by atoms with van der Waals surface area (Å²) in [5, 5.41) is 13.9. The van der Waals surface area contributed by atoms with Gasteiger partial charge < -0.3 is 14.8 Å². The molecule has 0 radical (unpaired) electrons. The van der Waals surface area contributed by atoms with Gasteiger partial charge >= 0.3 is 0 Å². The first-order chi connectivity index (χ1) is 11.9. The molecule has 0 aliphatic carbocycles. The molecule has 1 amide bonds. The molecule has 2 N–H and O–H groups in total. The first-order valence-corrected chi connectivity index (χ1v) is 8.77. The molecule has 0 saturated heterocycles. The zero-order chi connectivity index (χ0) is 18.0. The maximum absolute atomic E-state index is 12.7. The summed E-state index contributed by atoms with van der Waals surface area (Å²) in [6.07, 6.45) is 1.75. The molecule has 0 fully saturated rings. The maximum atomic E-state index is 12.7. The Hall–Kier alpha value is -2.31. The smallest absolute Gasteiger partial charge is 0.255 e. The summed E-state index contributed by atoms with van der Waals surface area (Å²) in [6, 6.07) is 11.5. The standard InChI is InChI=1S/C19H20N2O3S/c1-12-17(18(23)21-19(2,3)11-22)14-10-13(7-8-15(14)24-12)25-16-6-4-5-9-20-16/h4-10,22H,11H2,1-3H3,(H,21,23). The van der Waals surface area contributed by atoms with E-state index in [1.807, 2.05) is 36.4 Å². The van der Waals surface area contributed by atoms with Crippen LogP contribution in [0.25, 0.3) is 11.0 Å². The first-order valence-electron chi connectivity index (χ1n) is 7.95. The number of amides is 1. The summed E-state index contributed by atoms with van der Waals surface area (Å²) in [4.78, 5) is 18.0. The average molecular weight is 356 g/mol. The van der Waals surface area contributed by atoms with E-state index < -0.39 is 5.54 Å². The number of carbonyl (C=O) groups excluding carboxylic acids is 1. The van der Waals surface area contributed by atoms with E-state index in [0.717, 1.165) is 15.3 Å². The van der Waals surface area contributed by atoms with Gasteiger partial charge in [-0.25, -0.2) is 4.98 Å². The number of nitrogens with one attached hydrogen (secondary N) is 1. The summed E-state index contributed by atoms with van der Waals surface area (Å²) < 4.78 is 5.73. The van der Waals surface area contributed by atoms with Crippen LogP contribution in [0.1, 0.15) is 30.0 Å². The van der Waals surface area contributed by atoms with Gasteiger partial charge in [0.1, 0.15) is 16.4 Å². The molecular weight excluding hydrogens is 336 g/mol. The van der Waals surface area contributed by atoms with Crippen LogP contribution in [0.3, 0.4) is 0 Å². The van der Waals surface area contributed by atoms with E-state index in [0.29, 0.717) is 16.9 Å². The molecule has 25 heavy (non-hydrogen) atoms. The topological polar surface area (TPSA) is 75.4 Å². The molecule has 130 valence electrons. The van der Waals surface area contributed by atoms with Gasteiger partial charge in [-0.3, -0.25) is 4.79 Å². The van der Waals surface area contributed by atoms with Crippen LogP contribution in [-0.2, 0) is 0 Å². The number of aromatic nitrogens is 1. The molecule has 3 rings (SSSR count). The second-order valence-electron chi connectivity index (χ2n) is 6.46. The van der Waals surface area contributed by atoms with Crippen LogP contribution >= 0.6 is 11.8 Å². The van der Waals surface area contributed by atoms with Gasteiger partial charge in [-0.15, -0.1) is 0 Å². The number of fused-ring (bicyclic) bond motifs is 1. The Bertz CT molecular complexity index is 904. The zero-order valence-corrected chi connectivity index (χ0v) is 15.2. The average Bonchev–Trinajstić information content (AvgIpc) is 2.90. The molecular formula is C19H20N2O3S. The Morgan fingerprint density at radius 1 is 1.32 bits per heavy atom. The molecule has 0 aliphatic rings. The number of rotatable bonds is 5. The highest BCUT2D eigenvalue weighted by Crippen LogP contribution is 2.32. The van der Waals surface area contributed by atoms with Crippen molar-refractivity contribution in [1.29, 1.82) is 0 Å². The molecule has 0 atom stereocenters. The Morgan fingerprint density at radius 2 is 2.12 bits per heavy atom. The summed E-state index contributed by atoms with van der Waals surface area (Å²) >= 11 is 1.53.